The molecule has 39 heavy (non-hydrogen) atoms. The van der Waals surface area contributed by atoms with Crippen molar-refractivity contribution in [1.29, 1.82) is 0 Å². The van der Waals surface area contributed by atoms with Gasteiger partial charge in [0.25, 0.3) is 10.0 Å². The van der Waals surface area contributed by atoms with Crippen molar-refractivity contribution in [2.45, 2.75) is 50.7 Å². The number of carbonyl (C=O) groups excluding carboxylic acids is 2. The Bertz CT molecular complexity index is 1350. The summed E-state index contributed by atoms with van der Waals surface area (Å²) in [7, 11) is -2.70. The second kappa shape index (κ2) is 13.2. The average Bonchev–Trinajstić information content (AvgIpc) is 2.92. The molecule has 0 aliphatic heterocycles. The fraction of sp³-hybridized carbons (Fsp3) is 0.310. The highest BCUT2D eigenvalue weighted by Gasteiger charge is 2.33. The third-order valence-electron chi connectivity index (χ3n) is 6.05. The Kier molecular flexibility index (Phi) is 10.1. The summed E-state index contributed by atoms with van der Waals surface area (Å²) >= 11 is 0. The van der Waals surface area contributed by atoms with E-state index < -0.39 is 34.3 Å². The molecule has 0 heterocycles. The van der Waals surface area contributed by atoms with Crippen LogP contribution in [0.25, 0.3) is 0 Å². The summed E-state index contributed by atoms with van der Waals surface area (Å²) in [5.74, 6) is -0.834. The lowest BCUT2D eigenvalue weighted by Gasteiger charge is -2.33. The number of hydrogen-bond acceptors (Lipinski definition) is 5. The van der Waals surface area contributed by atoms with Gasteiger partial charge in [0.05, 0.1) is 17.7 Å². The van der Waals surface area contributed by atoms with Crippen molar-refractivity contribution in [3.05, 3.63) is 90.2 Å². The minimum atomic E-state index is -4.25. The molecule has 1 unspecified atom stereocenters. The number of anilines is 1. The molecule has 0 aliphatic carbocycles. The van der Waals surface area contributed by atoms with E-state index in [0.717, 1.165) is 34.1 Å². The standard InChI is InChI=1S/C29H34FN3O5S/c1-5-27(29(35)31-21(2)3)32(19-22-11-15-25(38-4)16-12-22)28(34)20-33(24-9-7-6-8-10-24)39(36,37)26-17-13-23(30)14-18-26/h6-18,21,27H,5,19-20H2,1-4H3,(H,31,35). The van der Waals surface area contributed by atoms with Gasteiger partial charge in [-0.1, -0.05) is 37.3 Å². The van der Waals surface area contributed by atoms with Crippen molar-refractivity contribution >= 4 is 27.5 Å². The average molecular weight is 556 g/mol. The van der Waals surface area contributed by atoms with Gasteiger partial charge in [-0.05, 0) is 74.4 Å². The molecule has 1 atom stereocenters. The van der Waals surface area contributed by atoms with Crippen molar-refractivity contribution in [2.75, 3.05) is 18.0 Å². The van der Waals surface area contributed by atoms with Crippen molar-refractivity contribution < 1.29 is 27.1 Å². The molecule has 3 aromatic rings. The molecule has 1 N–H and O–H groups in total. The number of nitrogens with zero attached hydrogens (tertiary/aromatic N) is 2. The van der Waals surface area contributed by atoms with Gasteiger partial charge in [-0.25, -0.2) is 12.8 Å². The molecule has 0 bridgehead atoms. The fourth-order valence-electron chi connectivity index (χ4n) is 4.08. The number of halogens is 1. The molecular formula is C29H34FN3O5S. The van der Waals surface area contributed by atoms with Gasteiger partial charge in [0.2, 0.25) is 11.8 Å². The minimum Gasteiger partial charge on any atom is -0.497 e. The Morgan fingerprint density at radius 1 is 0.949 bits per heavy atom. The first-order valence-electron chi connectivity index (χ1n) is 12.6. The number of methoxy groups -OCH3 is 1. The van der Waals surface area contributed by atoms with Gasteiger partial charge in [-0.15, -0.1) is 0 Å². The molecule has 10 heteroatoms. The van der Waals surface area contributed by atoms with Crippen LogP contribution in [0.2, 0.25) is 0 Å². The van der Waals surface area contributed by atoms with E-state index in [-0.39, 0.29) is 29.1 Å². The summed E-state index contributed by atoms with van der Waals surface area (Å²) in [4.78, 5) is 28.3. The van der Waals surface area contributed by atoms with Crippen LogP contribution in [0, 0.1) is 5.82 Å². The first-order valence-corrected chi connectivity index (χ1v) is 14.1. The number of sulfonamides is 1. The summed E-state index contributed by atoms with van der Waals surface area (Å²) in [6.07, 6.45) is 0.316. The van der Waals surface area contributed by atoms with Crippen molar-refractivity contribution in [2.24, 2.45) is 0 Å². The summed E-state index contributed by atoms with van der Waals surface area (Å²) in [5.41, 5.74) is 1.01. The van der Waals surface area contributed by atoms with Crippen LogP contribution in [-0.4, -0.2) is 50.9 Å². The van der Waals surface area contributed by atoms with Gasteiger partial charge in [-0.2, -0.15) is 0 Å². The summed E-state index contributed by atoms with van der Waals surface area (Å²) in [5, 5.41) is 2.86. The van der Waals surface area contributed by atoms with Crippen molar-refractivity contribution in [1.82, 2.24) is 10.2 Å². The molecule has 0 spiro atoms. The molecule has 2 amide bonds. The summed E-state index contributed by atoms with van der Waals surface area (Å²) < 4.78 is 47.1. The molecule has 0 fully saturated rings. The number of rotatable bonds is 12. The number of amides is 2. The van der Waals surface area contributed by atoms with Crippen LogP contribution in [0.5, 0.6) is 5.75 Å². The monoisotopic (exact) mass is 555 g/mol. The van der Waals surface area contributed by atoms with Crippen LogP contribution in [0.3, 0.4) is 0 Å². The lowest BCUT2D eigenvalue weighted by Crippen LogP contribution is -2.53. The van der Waals surface area contributed by atoms with Crippen LogP contribution >= 0.6 is 0 Å². The SMILES string of the molecule is CCC(C(=O)NC(C)C)N(Cc1ccc(OC)cc1)C(=O)CN(c1ccccc1)S(=O)(=O)c1ccc(F)cc1. The molecule has 0 saturated carbocycles. The summed E-state index contributed by atoms with van der Waals surface area (Å²) in [6, 6.07) is 18.7. The van der Waals surface area contributed by atoms with Gasteiger partial charge in [0.15, 0.2) is 0 Å². The second-order valence-corrected chi connectivity index (χ2v) is 11.1. The minimum absolute atomic E-state index is 0.0755. The van der Waals surface area contributed by atoms with Gasteiger partial charge >= 0.3 is 0 Å². The highest BCUT2D eigenvalue weighted by molar-refractivity contribution is 7.92. The Morgan fingerprint density at radius 2 is 1.56 bits per heavy atom. The van der Waals surface area contributed by atoms with E-state index in [1.165, 1.54) is 4.90 Å². The van der Waals surface area contributed by atoms with Crippen LogP contribution in [0.15, 0.2) is 83.8 Å². The number of ether oxygens (including phenoxy) is 1. The van der Waals surface area contributed by atoms with Crippen LogP contribution in [0.1, 0.15) is 32.8 Å². The zero-order valence-electron chi connectivity index (χ0n) is 22.5. The van der Waals surface area contributed by atoms with E-state index in [9.17, 15) is 22.4 Å². The highest BCUT2D eigenvalue weighted by Crippen LogP contribution is 2.25. The van der Waals surface area contributed by atoms with E-state index in [2.05, 4.69) is 5.32 Å². The first-order chi connectivity index (χ1) is 18.6. The van der Waals surface area contributed by atoms with E-state index in [4.69, 9.17) is 4.74 Å². The third-order valence-corrected chi connectivity index (χ3v) is 7.84. The molecule has 3 rings (SSSR count). The number of nitrogens with one attached hydrogen (secondary N) is 1. The molecule has 3 aromatic carbocycles. The highest BCUT2D eigenvalue weighted by atomic mass is 32.2. The molecule has 8 nitrogen and oxygen atoms in total. The smallest absolute Gasteiger partial charge is 0.264 e. The third kappa shape index (κ3) is 7.57. The number of hydrogen-bond donors (Lipinski definition) is 1. The van der Waals surface area contributed by atoms with Crippen molar-refractivity contribution in [3.8, 4) is 5.75 Å². The molecule has 0 aliphatic rings. The molecule has 0 saturated heterocycles. The van der Waals surface area contributed by atoms with Gasteiger partial charge in [0.1, 0.15) is 24.2 Å². The Hall–Kier alpha value is -3.92. The van der Waals surface area contributed by atoms with Crippen LogP contribution in [0.4, 0.5) is 10.1 Å². The maximum absolute atomic E-state index is 13.9. The van der Waals surface area contributed by atoms with Gasteiger partial charge in [-0.3, -0.25) is 13.9 Å². The Morgan fingerprint density at radius 3 is 2.10 bits per heavy atom. The zero-order chi connectivity index (χ0) is 28.6. The maximum Gasteiger partial charge on any atom is 0.264 e. The van der Waals surface area contributed by atoms with E-state index in [0.29, 0.717) is 12.2 Å². The molecular weight excluding hydrogens is 521 g/mol. The second-order valence-electron chi connectivity index (χ2n) is 9.26. The lowest BCUT2D eigenvalue weighted by atomic mass is 10.1. The van der Waals surface area contributed by atoms with Gasteiger partial charge < -0.3 is 15.0 Å². The molecule has 0 aromatic heterocycles. The predicted molar refractivity (Wildman–Crippen MR) is 148 cm³/mol. The number of para-hydroxylation sites is 1. The normalized spacial score (nSPS) is 12.1. The first kappa shape index (κ1) is 29.6. The van der Waals surface area contributed by atoms with E-state index in [1.807, 2.05) is 13.8 Å². The van der Waals surface area contributed by atoms with Crippen LogP contribution < -0.4 is 14.4 Å². The van der Waals surface area contributed by atoms with Crippen LogP contribution in [-0.2, 0) is 26.2 Å². The van der Waals surface area contributed by atoms with Crippen molar-refractivity contribution in [3.63, 3.8) is 0 Å². The Labute approximate surface area is 229 Å². The lowest BCUT2D eigenvalue weighted by molar-refractivity contribution is -0.140. The fourth-order valence-corrected chi connectivity index (χ4v) is 5.50. The predicted octanol–water partition coefficient (Wildman–Crippen LogP) is 4.36. The van der Waals surface area contributed by atoms with E-state index in [1.54, 1.807) is 68.6 Å². The zero-order valence-corrected chi connectivity index (χ0v) is 23.3. The largest absolute Gasteiger partial charge is 0.497 e. The molecule has 208 valence electrons. The topological polar surface area (TPSA) is 96.0 Å². The number of carbonyl (C=O) groups is 2. The maximum atomic E-state index is 13.9. The number of benzene rings is 3. The molecule has 0 radical (unpaired) electrons. The quantitative estimate of drug-likeness (QED) is 0.358. The summed E-state index contributed by atoms with van der Waals surface area (Å²) in [6.45, 7) is 4.96. The van der Waals surface area contributed by atoms with Gasteiger partial charge in [0, 0.05) is 12.6 Å². The Balaban J connectivity index is 2.03. The van der Waals surface area contributed by atoms with E-state index >= 15 is 0 Å².